The molecule has 1 aromatic heterocycles. The number of carboxylic acid groups (broad SMARTS) is 1. The summed E-state index contributed by atoms with van der Waals surface area (Å²) in [5, 5.41) is 13.5. The SMILES string of the molecule is CCn1cc(C(=O)N2C[C@H](C(=O)O)[C@@H](c3ccccc3F)C2)cn1. The van der Waals surface area contributed by atoms with Crippen LogP contribution in [-0.2, 0) is 11.3 Å². The molecular weight excluding hydrogens is 313 g/mol. The molecule has 0 saturated carbocycles. The molecule has 1 aliphatic heterocycles. The van der Waals surface area contributed by atoms with Crippen LogP contribution in [0, 0.1) is 11.7 Å². The number of aryl methyl sites for hydroxylation is 1. The van der Waals surface area contributed by atoms with E-state index in [1.54, 1.807) is 29.1 Å². The molecule has 2 aromatic rings. The van der Waals surface area contributed by atoms with Gasteiger partial charge >= 0.3 is 5.97 Å². The van der Waals surface area contributed by atoms with Gasteiger partial charge in [0, 0.05) is 31.7 Å². The number of amides is 1. The minimum Gasteiger partial charge on any atom is -0.481 e. The summed E-state index contributed by atoms with van der Waals surface area (Å²) >= 11 is 0. The minimum absolute atomic E-state index is 0.0600. The Hall–Kier alpha value is -2.70. The average molecular weight is 331 g/mol. The van der Waals surface area contributed by atoms with Gasteiger partial charge in [0.15, 0.2) is 0 Å². The number of carbonyl (C=O) groups excluding carboxylic acids is 1. The van der Waals surface area contributed by atoms with Gasteiger partial charge < -0.3 is 10.0 Å². The van der Waals surface area contributed by atoms with Crippen molar-refractivity contribution in [3.05, 3.63) is 53.6 Å². The number of halogens is 1. The van der Waals surface area contributed by atoms with E-state index in [2.05, 4.69) is 5.10 Å². The van der Waals surface area contributed by atoms with Gasteiger partial charge in [-0.15, -0.1) is 0 Å². The van der Waals surface area contributed by atoms with Gasteiger partial charge in [0.2, 0.25) is 0 Å². The first-order valence-corrected chi connectivity index (χ1v) is 7.80. The largest absolute Gasteiger partial charge is 0.481 e. The molecule has 6 nitrogen and oxygen atoms in total. The zero-order chi connectivity index (χ0) is 17.3. The van der Waals surface area contributed by atoms with Crippen molar-refractivity contribution in [2.75, 3.05) is 13.1 Å². The van der Waals surface area contributed by atoms with Crippen molar-refractivity contribution < 1.29 is 19.1 Å². The lowest BCUT2D eigenvalue weighted by Gasteiger charge is -2.16. The van der Waals surface area contributed by atoms with Gasteiger partial charge in [0.05, 0.1) is 17.7 Å². The summed E-state index contributed by atoms with van der Waals surface area (Å²) in [7, 11) is 0. The van der Waals surface area contributed by atoms with Crippen molar-refractivity contribution in [2.24, 2.45) is 5.92 Å². The van der Waals surface area contributed by atoms with Crippen LogP contribution >= 0.6 is 0 Å². The molecule has 1 aromatic carbocycles. The summed E-state index contributed by atoms with van der Waals surface area (Å²) in [6, 6.07) is 6.13. The fourth-order valence-electron chi connectivity index (χ4n) is 3.14. The maximum Gasteiger partial charge on any atom is 0.308 e. The predicted octanol–water partition coefficient (Wildman–Crippen LogP) is 1.98. The molecule has 0 aliphatic carbocycles. The zero-order valence-electron chi connectivity index (χ0n) is 13.2. The van der Waals surface area contributed by atoms with Crippen LogP contribution in [0.2, 0.25) is 0 Å². The van der Waals surface area contributed by atoms with Crippen molar-refractivity contribution in [1.29, 1.82) is 0 Å². The molecule has 1 fully saturated rings. The Kier molecular flexibility index (Phi) is 4.33. The normalized spacial score (nSPS) is 20.3. The van der Waals surface area contributed by atoms with Crippen molar-refractivity contribution in [3.8, 4) is 0 Å². The number of rotatable bonds is 4. The second-order valence-electron chi connectivity index (χ2n) is 5.87. The standard InChI is InChI=1S/C17H18FN3O3/c1-2-21-8-11(7-19-21)16(22)20-9-13(14(10-20)17(23)24)12-5-3-4-6-15(12)18/h3-8,13-14H,2,9-10H2,1H3,(H,23,24)/t13-,14+/m1/s1. The third kappa shape index (κ3) is 2.89. The van der Waals surface area contributed by atoms with Crippen molar-refractivity contribution >= 4 is 11.9 Å². The molecule has 0 bridgehead atoms. The molecule has 2 atom stereocenters. The molecule has 0 radical (unpaired) electrons. The number of hydrogen-bond donors (Lipinski definition) is 1. The number of aliphatic carboxylic acids is 1. The highest BCUT2D eigenvalue weighted by atomic mass is 19.1. The number of nitrogens with zero attached hydrogens (tertiary/aromatic N) is 3. The summed E-state index contributed by atoms with van der Waals surface area (Å²) in [4.78, 5) is 25.6. The summed E-state index contributed by atoms with van der Waals surface area (Å²) in [6.45, 7) is 2.78. The van der Waals surface area contributed by atoms with E-state index in [0.717, 1.165) is 0 Å². The van der Waals surface area contributed by atoms with Gasteiger partial charge in [-0.05, 0) is 18.6 Å². The summed E-state index contributed by atoms with van der Waals surface area (Å²) in [5.41, 5.74) is 0.750. The Morgan fingerprint density at radius 3 is 2.71 bits per heavy atom. The highest BCUT2D eigenvalue weighted by Gasteiger charge is 2.41. The molecule has 0 spiro atoms. The zero-order valence-corrected chi connectivity index (χ0v) is 13.2. The van der Waals surface area contributed by atoms with E-state index in [0.29, 0.717) is 17.7 Å². The molecular formula is C17H18FN3O3. The highest BCUT2D eigenvalue weighted by molar-refractivity contribution is 5.94. The summed E-state index contributed by atoms with van der Waals surface area (Å²) in [6.07, 6.45) is 3.10. The Bertz CT molecular complexity index is 774. The lowest BCUT2D eigenvalue weighted by molar-refractivity contribution is -0.141. The van der Waals surface area contributed by atoms with E-state index >= 15 is 0 Å². The van der Waals surface area contributed by atoms with Crippen LogP contribution in [0.15, 0.2) is 36.7 Å². The van der Waals surface area contributed by atoms with Crippen LogP contribution in [0.5, 0.6) is 0 Å². The van der Waals surface area contributed by atoms with Crippen LogP contribution in [0.1, 0.15) is 28.8 Å². The van der Waals surface area contributed by atoms with Gasteiger partial charge in [0.25, 0.3) is 5.91 Å². The van der Waals surface area contributed by atoms with Gasteiger partial charge in [-0.1, -0.05) is 18.2 Å². The van der Waals surface area contributed by atoms with Crippen molar-refractivity contribution in [2.45, 2.75) is 19.4 Å². The van der Waals surface area contributed by atoms with E-state index in [1.165, 1.54) is 17.2 Å². The van der Waals surface area contributed by atoms with Crippen LogP contribution in [0.4, 0.5) is 4.39 Å². The van der Waals surface area contributed by atoms with E-state index in [-0.39, 0.29) is 19.0 Å². The smallest absolute Gasteiger partial charge is 0.308 e. The molecule has 24 heavy (non-hydrogen) atoms. The van der Waals surface area contributed by atoms with E-state index < -0.39 is 23.6 Å². The van der Waals surface area contributed by atoms with Crippen molar-refractivity contribution in [3.63, 3.8) is 0 Å². The third-order valence-corrected chi connectivity index (χ3v) is 4.43. The Morgan fingerprint density at radius 2 is 2.08 bits per heavy atom. The van der Waals surface area contributed by atoms with E-state index in [4.69, 9.17) is 0 Å². The maximum atomic E-state index is 14.1. The fourth-order valence-corrected chi connectivity index (χ4v) is 3.14. The first kappa shape index (κ1) is 16.2. The maximum absolute atomic E-state index is 14.1. The lowest BCUT2D eigenvalue weighted by atomic mass is 9.89. The molecule has 1 N–H and O–H groups in total. The molecule has 7 heteroatoms. The van der Waals surface area contributed by atoms with Gasteiger partial charge in [-0.3, -0.25) is 14.3 Å². The second-order valence-corrected chi connectivity index (χ2v) is 5.87. The van der Waals surface area contributed by atoms with Gasteiger partial charge in [-0.2, -0.15) is 5.10 Å². The number of likely N-dealkylation sites (tertiary alicyclic amines) is 1. The number of carbonyl (C=O) groups is 2. The minimum atomic E-state index is -1.03. The Balaban J connectivity index is 1.86. The average Bonchev–Trinajstić information content (AvgIpc) is 3.22. The molecule has 1 amide bonds. The van der Waals surface area contributed by atoms with E-state index in [1.807, 2.05) is 6.92 Å². The summed E-state index contributed by atoms with van der Waals surface area (Å²) in [5.74, 6) is -3.13. The Morgan fingerprint density at radius 1 is 1.33 bits per heavy atom. The molecule has 126 valence electrons. The molecule has 2 heterocycles. The number of benzene rings is 1. The predicted molar refractivity (Wildman–Crippen MR) is 84.1 cm³/mol. The highest BCUT2D eigenvalue weighted by Crippen LogP contribution is 2.34. The van der Waals surface area contributed by atoms with Crippen LogP contribution < -0.4 is 0 Å². The Labute approximate surface area is 138 Å². The lowest BCUT2D eigenvalue weighted by Crippen LogP contribution is -2.29. The molecule has 0 unspecified atom stereocenters. The first-order valence-electron chi connectivity index (χ1n) is 7.80. The summed E-state index contributed by atoms with van der Waals surface area (Å²) < 4.78 is 15.7. The number of aromatic nitrogens is 2. The van der Waals surface area contributed by atoms with E-state index in [9.17, 15) is 19.1 Å². The van der Waals surface area contributed by atoms with Gasteiger partial charge in [0.1, 0.15) is 5.82 Å². The monoisotopic (exact) mass is 331 g/mol. The van der Waals surface area contributed by atoms with Crippen LogP contribution in [-0.4, -0.2) is 44.8 Å². The second kappa shape index (κ2) is 6.43. The number of hydrogen-bond acceptors (Lipinski definition) is 3. The van der Waals surface area contributed by atoms with Gasteiger partial charge in [-0.25, -0.2) is 4.39 Å². The van der Waals surface area contributed by atoms with Crippen molar-refractivity contribution in [1.82, 2.24) is 14.7 Å². The first-order chi connectivity index (χ1) is 11.5. The topological polar surface area (TPSA) is 75.4 Å². The van der Waals surface area contributed by atoms with Crippen LogP contribution in [0.25, 0.3) is 0 Å². The molecule has 1 saturated heterocycles. The molecule has 3 rings (SSSR count). The third-order valence-electron chi connectivity index (χ3n) is 4.43. The fraction of sp³-hybridized carbons (Fsp3) is 0.353. The number of carboxylic acids is 1. The quantitative estimate of drug-likeness (QED) is 0.929. The molecule has 1 aliphatic rings. The van der Waals surface area contributed by atoms with Crippen LogP contribution in [0.3, 0.4) is 0 Å².